The number of rotatable bonds is 13. The number of hydrogen-bond donors (Lipinski definition) is 2. The Morgan fingerprint density at radius 1 is 0.860 bits per heavy atom. The SMILES string of the molecule is CCOc1nc(NC(c2ccccc2)(c2ccccc2)c2ccc(OC)cc2)nc2c1ncn2[C@@H]1O[C@@](CO)(COC(=O)c2ccccc2)[C@H]2OC(C)(C)O[C@]21C. The molecule has 0 bridgehead atoms. The van der Waals surface area contributed by atoms with Gasteiger partial charge in [-0.3, -0.25) is 4.57 Å². The summed E-state index contributed by atoms with van der Waals surface area (Å²) in [4.78, 5) is 27.9. The first-order valence-electron chi connectivity index (χ1n) is 18.9. The molecule has 57 heavy (non-hydrogen) atoms. The van der Waals surface area contributed by atoms with Crippen molar-refractivity contribution in [2.24, 2.45) is 0 Å². The maximum Gasteiger partial charge on any atom is 0.338 e. The van der Waals surface area contributed by atoms with Crippen LogP contribution in [0, 0.1) is 0 Å². The topological polar surface area (TPSA) is 148 Å². The number of carbonyl (C=O) groups excluding carboxylic acids is 1. The molecule has 2 aliphatic rings. The predicted molar refractivity (Wildman–Crippen MR) is 211 cm³/mol. The van der Waals surface area contributed by atoms with Crippen molar-refractivity contribution in [1.82, 2.24) is 19.5 Å². The predicted octanol–water partition coefficient (Wildman–Crippen LogP) is 6.66. The third kappa shape index (κ3) is 6.65. The first-order chi connectivity index (χ1) is 27.6. The van der Waals surface area contributed by atoms with Gasteiger partial charge in [-0.2, -0.15) is 9.97 Å². The summed E-state index contributed by atoms with van der Waals surface area (Å²) in [5.41, 5.74) is 0.152. The largest absolute Gasteiger partial charge is 0.497 e. The average molecular weight is 772 g/mol. The number of methoxy groups -OCH3 is 1. The number of nitrogens with one attached hydrogen (secondary N) is 1. The molecule has 0 saturated carbocycles. The molecule has 0 spiro atoms. The van der Waals surface area contributed by atoms with Crippen molar-refractivity contribution in [3.63, 3.8) is 0 Å². The second-order valence-electron chi connectivity index (χ2n) is 14.8. The molecule has 13 nitrogen and oxygen atoms in total. The highest BCUT2D eigenvalue weighted by Gasteiger charge is 2.71. The maximum atomic E-state index is 13.1. The zero-order chi connectivity index (χ0) is 39.8. The van der Waals surface area contributed by atoms with Gasteiger partial charge in [-0.05, 0) is 68.7 Å². The molecular weight excluding hydrogens is 727 g/mol. The molecule has 13 heteroatoms. The van der Waals surface area contributed by atoms with Crippen LogP contribution in [0.4, 0.5) is 5.95 Å². The normalized spacial score (nSPS) is 22.6. The fourth-order valence-corrected chi connectivity index (χ4v) is 8.13. The summed E-state index contributed by atoms with van der Waals surface area (Å²) in [5, 5.41) is 14.8. The van der Waals surface area contributed by atoms with Crippen molar-refractivity contribution in [3.8, 4) is 11.6 Å². The summed E-state index contributed by atoms with van der Waals surface area (Å²) < 4.78 is 39.1. The van der Waals surface area contributed by atoms with Gasteiger partial charge in [0.1, 0.15) is 29.6 Å². The van der Waals surface area contributed by atoms with Gasteiger partial charge in [0.2, 0.25) is 11.8 Å². The average Bonchev–Trinajstić information content (AvgIpc) is 3.85. The Morgan fingerprint density at radius 3 is 2.07 bits per heavy atom. The summed E-state index contributed by atoms with van der Waals surface area (Å²) in [6.07, 6.45) is -0.258. The number of imidazole rings is 1. The van der Waals surface area contributed by atoms with E-state index in [0.717, 1.165) is 16.7 Å². The second-order valence-corrected chi connectivity index (χ2v) is 14.8. The van der Waals surface area contributed by atoms with E-state index in [2.05, 4.69) is 29.6 Å². The molecular formula is C44H45N5O8. The van der Waals surface area contributed by atoms with E-state index in [1.165, 1.54) is 0 Å². The van der Waals surface area contributed by atoms with Crippen LogP contribution in [-0.2, 0) is 24.5 Å². The van der Waals surface area contributed by atoms with Crippen LogP contribution in [0.25, 0.3) is 11.2 Å². The summed E-state index contributed by atoms with van der Waals surface area (Å²) >= 11 is 0. The minimum absolute atomic E-state index is 0.241. The number of carbonyl (C=O) groups is 1. The smallest absolute Gasteiger partial charge is 0.338 e. The number of esters is 1. The minimum atomic E-state index is -1.52. The van der Waals surface area contributed by atoms with Gasteiger partial charge in [-0.25, -0.2) is 9.78 Å². The van der Waals surface area contributed by atoms with Gasteiger partial charge in [0.05, 0.1) is 32.2 Å². The first-order valence-corrected chi connectivity index (χ1v) is 18.9. The Morgan fingerprint density at radius 2 is 1.47 bits per heavy atom. The number of ether oxygens (including phenoxy) is 6. The third-order valence-electron chi connectivity index (χ3n) is 10.6. The van der Waals surface area contributed by atoms with Crippen molar-refractivity contribution < 1.29 is 38.3 Å². The Balaban J connectivity index is 1.26. The lowest BCUT2D eigenvalue weighted by Gasteiger charge is -2.37. The summed E-state index contributed by atoms with van der Waals surface area (Å²) in [6, 6.07) is 36.7. The van der Waals surface area contributed by atoms with Gasteiger partial charge < -0.3 is 38.8 Å². The van der Waals surface area contributed by atoms with Crippen molar-refractivity contribution in [1.29, 1.82) is 0 Å². The number of hydrogen-bond acceptors (Lipinski definition) is 12. The monoisotopic (exact) mass is 771 g/mol. The van der Waals surface area contributed by atoms with E-state index < -0.39 is 47.4 Å². The van der Waals surface area contributed by atoms with Crippen LogP contribution in [0.3, 0.4) is 0 Å². The van der Waals surface area contributed by atoms with Gasteiger partial charge in [0, 0.05) is 0 Å². The molecule has 294 valence electrons. The lowest BCUT2D eigenvalue weighted by Crippen LogP contribution is -2.53. The number of benzene rings is 4. The Labute approximate surface area is 330 Å². The van der Waals surface area contributed by atoms with Crippen LogP contribution in [-0.4, -0.2) is 80.6 Å². The standard InChI is InChI=1S/C44H45N5O8/c1-6-53-36-34-35(46-40(47-36)48-44(30-18-12-8-13-19-30,31-20-14-9-15-21-31)32-22-24-33(52-5)25-23-32)49(28-45-34)39-42(4)38(55-41(2,3)57-42)43(26-50,56-39)27-54-37(51)29-16-10-7-11-17-29/h7-25,28,38-39,50H,6,26-27H2,1-5H3,(H,46,47,48)/t38-,39+,42+,43-/m0/s1. The van der Waals surface area contributed by atoms with Crippen molar-refractivity contribution in [2.45, 2.75) is 62.6 Å². The number of aliphatic hydroxyl groups excluding tert-OH is 1. The highest BCUT2D eigenvalue weighted by Crippen LogP contribution is 2.55. The Hall–Kier alpha value is -5.86. The molecule has 2 fully saturated rings. The Bertz CT molecular complexity index is 2300. The van der Waals surface area contributed by atoms with Crippen LogP contribution >= 0.6 is 0 Å². The second kappa shape index (κ2) is 14.9. The van der Waals surface area contributed by atoms with Crippen molar-refractivity contribution in [3.05, 3.63) is 144 Å². The molecule has 4 heterocycles. The molecule has 8 rings (SSSR count). The molecule has 2 saturated heterocycles. The van der Waals surface area contributed by atoms with E-state index >= 15 is 0 Å². The number of fused-ring (bicyclic) bond motifs is 2. The molecule has 2 aliphatic heterocycles. The van der Waals surface area contributed by atoms with E-state index in [0.29, 0.717) is 29.1 Å². The van der Waals surface area contributed by atoms with Crippen molar-refractivity contribution >= 4 is 23.1 Å². The quantitative estimate of drug-likeness (QED) is 0.0955. The van der Waals surface area contributed by atoms with Gasteiger partial charge in [0.25, 0.3) is 0 Å². The van der Waals surface area contributed by atoms with Crippen LogP contribution in [0.1, 0.15) is 61.0 Å². The molecule has 4 atom stereocenters. The van der Waals surface area contributed by atoms with E-state index in [1.807, 2.05) is 80.6 Å². The molecule has 6 aromatic rings. The van der Waals surface area contributed by atoms with E-state index in [-0.39, 0.29) is 18.4 Å². The summed E-state index contributed by atoms with van der Waals surface area (Å²) in [6.45, 7) is 6.76. The zero-order valence-electron chi connectivity index (χ0n) is 32.4. The van der Waals surface area contributed by atoms with E-state index in [4.69, 9.17) is 43.4 Å². The van der Waals surface area contributed by atoms with Crippen LogP contribution in [0.5, 0.6) is 11.6 Å². The molecule has 0 aliphatic carbocycles. The van der Waals surface area contributed by atoms with Crippen LogP contribution in [0.15, 0.2) is 122 Å². The van der Waals surface area contributed by atoms with E-state index in [9.17, 15) is 9.90 Å². The van der Waals surface area contributed by atoms with Gasteiger partial charge in [0.15, 0.2) is 28.8 Å². The number of nitrogens with zero attached hydrogens (tertiary/aromatic N) is 4. The van der Waals surface area contributed by atoms with Gasteiger partial charge in [-0.15, -0.1) is 0 Å². The Kier molecular flexibility index (Phi) is 9.94. The first kappa shape index (κ1) is 38.0. The van der Waals surface area contributed by atoms with Crippen LogP contribution in [0.2, 0.25) is 0 Å². The third-order valence-corrected chi connectivity index (χ3v) is 10.6. The maximum absolute atomic E-state index is 13.1. The van der Waals surface area contributed by atoms with Gasteiger partial charge >= 0.3 is 5.97 Å². The summed E-state index contributed by atoms with van der Waals surface area (Å²) in [5.74, 6) is -0.436. The molecule has 4 aromatic carbocycles. The number of aliphatic hydroxyl groups is 1. The van der Waals surface area contributed by atoms with Gasteiger partial charge in [-0.1, -0.05) is 91.0 Å². The summed E-state index contributed by atoms with van der Waals surface area (Å²) in [7, 11) is 1.64. The van der Waals surface area contributed by atoms with E-state index in [1.54, 1.807) is 56.1 Å². The highest BCUT2D eigenvalue weighted by molar-refractivity contribution is 5.89. The molecule has 2 N–H and O–H groups in total. The number of aromatic nitrogens is 4. The number of anilines is 1. The molecule has 2 aromatic heterocycles. The van der Waals surface area contributed by atoms with Crippen LogP contribution < -0.4 is 14.8 Å². The lowest BCUT2D eigenvalue weighted by atomic mass is 9.77. The minimum Gasteiger partial charge on any atom is -0.497 e. The highest BCUT2D eigenvalue weighted by atomic mass is 16.8. The lowest BCUT2D eigenvalue weighted by molar-refractivity contribution is -0.244. The molecule has 0 amide bonds. The zero-order valence-corrected chi connectivity index (χ0v) is 32.4. The fourth-order valence-electron chi connectivity index (χ4n) is 8.13. The molecule has 0 radical (unpaired) electrons. The van der Waals surface area contributed by atoms with Crippen molar-refractivity contribution in [2.75, 3.05) is 32.2 Å². The molecule has 0 unspecified atom stereocenters. The fraction of sp³-hybridized carbons (Fsp3) is 0.318.